The molecule has 0 bridgehead atoms. The first-order chi connectivity index (χ1) is 6.38. The van der Waals surface area contributed by atoms with E-state index in [0.29, 0.717) is 10.9 Å². The second-order valence-electron chi connectivity index (χ2n) is 3.69. The molecule has 0 spiro atoms. The number of halogens is 2. The Kier molecular flexibility index (Phi) is 5.10. The second-order valence-corrected chi connectivity index (χ2v) is 4.87. The lowest BCUT2D eigenvalue weighted by Crippen LogP contribution is -3.00. The summed E-state index contributed by atoms with van der Waals surface area (Å²) in [5.74, 6) is 0. The zero-order chi connectivity index (χ0) is 9.10. The second kappa shape index (κ2) is 5.86. The van der Waals surface area contributed by atoms with Gasteiger partial charge in [-0.3, -0.25) is 0 Å². The van der Waals surface area contributed by atoms with Gasteiger partial charge in [0.2, 0.25) is 0 Å². The van der Waals surface area contributed by atoms with Crippen LogP contribution < -0.4 is 21.5 Å². The van der Waals surface area contributed by atoms with Gasteiger partial charge in [0.05, 0.1) is 4.83 Å². The Hall–Kier alpha value is 0.110. The van der Waals surface area contributed by atoms with Crippen LogP contribution in [0.4, 0.5) is 0 Å². The minimum atomic E-state index is 0. The van der Waals surface area contributed by atoms with E-state index in [9.17, 15) is 0 Å². The summed E-state index contributed by atoms with van der Waals surface area (Å²) in [6.45, 7) is 0. The number of rotatable bonds is 1. The van der Waals surface area contributed by atoms with Crippen LogP contribution in [0.15, 0.2) is 30.6 Å². The van der Waals surface area contributed by atoms with Crippen LogP contribution in [0.2, 0.25) is 0 Å². The summed E-state index contributed by atoms with van der Waals surface area (Å²) in [5, 5.41) is 0. The molecule has 14 heavy (non-hydrogen) atoms. The fourth-order valence-electron chi connectivity index (χ4n) is 2.03. The first-order valence-electron chi connectivity index (χ1n) is 4.98. The summed E-state index contributed by atoms with van der Waals surface area (Å²) in [6, 6.07) is 6.94. The first-order valence-corrected chi connectivity index (χ1v) is 5.89. The molecular weight excluding hydrogens is 306 g/mol. The van der Waals surface area contributed by atoms with E-state index >= 15 is 0 Å². The molecule has 1 aliphatic rings. The van der Waals surface area contributed by atoms with Gasteiger partial charge in [-0.25, -0.2) is 4.57 Å². The lowest BCUT2D eigenvalue weighted by molar-refractivity contribution is -0.724. The van der Waals surface area contributed by atoms with Crippen molar-refractivity contribution in [3.8, 4) is 0 Å². The van der Waals surface area contributed by atoms with E-state index in [2.05, 4.69) is 51.1 Å². The Labute approximate surface area is 104 Å². The number of hydrogen-bond donors (Lipinski definition) is 0. The van der Waals surface area contributed by atoms with Crippen LogP contribution in [0.5, 0.6) is 0 Å². The minimum absolute atomic E-state index is 0. The molecule has 1 aromatic rings. The molecule has 1 heterocycles. The predicted molar refractivity (Wildman–Crippen MR) is 56.9 cm³/mol. The van der Waals surface area contributed by atoms with Gasteiger partial charge in [-0.05, 0) is 12.8 Å². The van der Waals surface area contributed by atoms with Crippen molar-refractivity contribution in [1.29, 1.82) is 0 Å². The van der Waals surface area contributed by atoms with Crippen LogP contribution in [0, 0.1) is 0 Å². The Morgan fingerprint density at radius 1 is 1.00 bits per heavy atom. The van der Waals surface area contributed by atoms with Crippen molar-refractivity contribution in [1.82, 2.24) is 0 Å². The molecule has 2 rings (SSSR count). The van der Waals surface area contributed by atoms with E-state index in [1.165, 1.54) is 25.7 Å². The summed E-state index contributed by atoms with van der Waals surface area (Å²) in [4.78, 5) is 0.661. The highest BCUT2D eigenvalue weighted by Crippen LogP contribution is 2.29. The first kappa shape index (κ1) is 12.2. The van der Waals surface area contributed by atoms with Gasteiger partial charge in [0.15, 0.2) is 18.4 Å². The smallest absolute Gasteiger partial charge is 0.170 e. The summed E-state index contributed by atoms with van der Waals surface area (Å²) in [5.41, 5.74) is 0. The molecule has 0 amide bonds. The quantitative estimate of drug-likeness (QED) is 0.501. The Morgan fingerprint density at radius 3 is 2.29 bits per heavy atom. The van der Waals surface area contributed by atoms with Gasteiger partial charge in [0.1, 0.15) is 0 Å². The van der Waals surface area contributed by atoms with Crippen LogP contribution in [0.1, 0.15) is 31.7 Å². The van der Waals surface area contributed by atoms with E-state index in [4.69, 9.17) is 0 Å². The van der Waals surface area contributed by atoms with E-state index < -0.39 is 0 Å². The molecule has 3 heteroatoms. The van der Waals surface area contributed by atoms with Crippen molar-refractivity contribution in [2.75, 3.05) is 0 Å². The van der Waals surface area contributed by atoms with E-state index in [0.717, 1.165) is 0 Å². The van der Waals surface area contributed by atoms with Gasteiger partial charge in [0, 0.05) is 18.6 Å². The molecule has 78 valence electrons. The van der Waals surface area contributed by atoms with Crippen molar-refractivity contribution >= 4 is 15.9 Å². The molecular formula is C11H15Br2N. The number of alkyl halides is 1. The average molecular weight is 321 g/mol. The van der Waals surface area contributed by atoms with E-state index in [1.54, 1.807) is 0 Å². The normalized spacial score (nSPS) is 26.6. The van der Waals surface area contributed by atoms with Gasteiger partial charge in [-0.2, -0.15) is 0 Å². The third-order valence-electron chi connectivity index (χ3n) is 2.77. The zero-order valence-electron chi connectivity index (χ0n) is 8.07. The zero-order valence-corrected chi connectivity index (χ0v) is 11.2. The summed E-state index contributed by atoms with van der Waals surface area (Å²) in [7, 11) is 0. The molecule has 0 N–H and O–H groups in total. The van der Waals surface area contributed by atoms with Crippen molar-refractivity contribution in [3.05, 3.63) is 30.6 Å². The number of hydrogen-bond acceptors (Lipinski definition) is 0. The SMILES string of the molecule is Br[C@@H]1CCCC[C@H]1[n+]1ccccc1.[Br-]. The Bertz CT molecular complexity index is 263. The number of nitrogens with zero attached hydrogens (tertiary/aromatic N) is 1. The fraction of sp³-hybridized carbons (Fsp3) is 0.545. The summed E-state index contributed by atoms with van der Waals surface area (Å²) in [6.07, 6.45) is 9.71. The van der Waals surface area contributed by atoms with Crippen LogP contribution in [-0.2, 0) is 0 Å². The van der Waals surface area contributed by atoms with Gasteiger partial charge >= 0.3 is 0 Å². The molecule has 1 nitrogen and oxygen atoms in total. The van der Waals surface area contributed by atoms with Gasteiger partial charge < -0.3 is 17.0 Å². The number of pyridine rings is 1. The molecule has 1 aromatic heterocycles. The largest absolute Gasteiger partial charge is 1.00 e. The van der Waals surface area contributed by atoms with Gasteiger partial charge in [-0.15, -0.1) is 0 Å². The Morgan fingerprint density at radius 2 is 1.64 bits per heavy atom. The third-order valence-corrected chi connectivity index (χ3v) is 3.84. The van der Waals surface area contributed by atoms with Crippen molar-refractivity contribution in [2.45, 2.75) is 36.6 Å². The molecule has 1 saturated carbocycles. The lowest BCUT2D eigenvalue weighted by atomic mass is 9.95. The third kappa shape index (κ3) is 2.80. The van der Waals surface area contributed by atoms with Crippen molar-refractivity contribution in [3.63, 3.8) is 0 Å². The minimum Gasteiger partial charge on any atom is -1.00 e. The monoisotopic (exact) mass is 319 g/mol. The molecule has 1 aliphatic carbocycles. The highest BCUT2D eigenvalue weighted by molar-refractivity contribution is 9.09. The molecule has 0 aliphatic heterocycles. The predicted octanol–water partition coefficient (Wildman–Crippen LogP) is -0.143. The van der Waals surface area contributed by atoms with Gasteiger partial charge in [0.25, 0.3) is 0 Å². The maximum atomic E-state index is 3.77. The van der Waals surface area contributed by atoms with E-state index in [-0.39, 0.29) is 17.0 Å². The van der Waals surface area contributed by atoms with E-state index in [1.807, 2.05) is 0 Å². The summed E-state index contributed by atoms with van der Waals surface area (Å²) < 4.78 is 2.33. The molecule has 0 saturated heterocycles. The molecule has 0 radical (unpaired) electrons. The Balaban J connectivity index is 0.000000980. The highest BCUT2D eigenvalue weighted by Gasteiger charge is 2.29. The number of aromatic nitrogens is 1. The van der Waals surface area contributed by atoms with Gasteiger partial charge in [-0.1, -0.05) is 28.4 Å². The van der Waals surface area contributed by atoms with Crippen LogP contribution in [-0.4, -0.2) is 4.83 Å². The summed E-state index contributed by atoms with van der Waals surface area (Å²) >= 11 is 3.77. The molecule has 0 aromatic carbocycles. The van der Waals surface area contributed by atoms with Crippen molar-refractivity contribution in [2.24, 2.45) is 0 Å². The molecule has 2 atom stereocenters. The highest BCUT2D eigenvalue weighted by atomic mass is 79.9. The van der Waals surface area contributed by atoms with Crippen LogP contribution >= 0.6 is 15.9 Å². The molecule has 0 unspecified atom stereocenters. The lowest BCUT2D eigenvalue weighted by Gasteiger charge is -2.22. The topological polar surface area (TPSA) is 3.88 Å². The standard InChI is InChI=1S/C11H15BrN.BrH/c12-10-6-2-3-7-11(10)13-8-4-1-5-9-13;/h1,4-5,8-11H,2-3,6-7H2;1H/q+1;/p-1/t10-,11-;/m1./s1. The van der Waals surface area contributed by atoms with Crippen molar-refractivity contribution < 1.29 is 21.5 Å². The average Bonchev–Trinajstić information content (AvgIpc) is 2.20. The maximum Gasteiger partial charge on any atom is 0.170 e. The fourth-order valence-corrected chi connectivity index (χ4v) is 2.90. The van der Waals surface area contributed by atoms with Crippen LogP contribution in [0.25, 0.3) is 0 Å². The molecule has 1 fully saturated rings. The maximum absolute atomic E-state index is 3.77. The van der Waals surface area contributed by atoms with Crippen LogP contribution in [0.3, 0.4) is 0 Å².